The molecule has 98 valence electrons. The van der Waals surface area contributed by atoms with Gasteiger partial charge in [0.2, 0.25) is 5.88 Å². The van der Waals surface area contributed by atoms with Crippen LogP contribution in [0.25, 0.3) is 0 Å². The van der Waals surface area contributed by atoms with Gasteiger partial charge in [0.25, 0.3) is 5.91 Å². The molecule has 0 aliphatic heterocycles. The first-order valence-corrected chi connectivity index (χ1v) is 5.44. The molecule has 6 nitrogen and oxygen atoms in total. The summed E-state index contributed by atoms with van der Waals surface area (Å²) in [6.45, 7) is 1.94. The monoisotopic (exact) mass is 252 g/mol. The van der Waals surface area contributed by atoms with Crippen LogP contribution in [0.3, 0.4) is 0 Å². The van der Waals surface area contributed by atoms with Gasteiger partial charge in [-0.1, -0.05) is 0 Å². The van der Waals surface area contributed by atoms with E-state index in [2.05, 4.69) is 4.98 Å². The van der Waals surface area contributed by atoms with E-state index in [-0.39, 0.29) is 24.8 Å². The number of ether oxygens (including phenoxy) is 1. The van der Waals surface area contributed by atoms with Crippen LogP contribution >= 0.6 is 0 Å². The minimum atomic E-state index is -0.941. The normalized spacial score (nSPS) is 9.94. The molecule has 18 heavy (non-hydrogen) atoms. The number of rotatable bonds is 5. The average molecular weight is 252 g/mol. The Balaban J connectivity index is 2.86. The van der Waals surface area contributed by atoms with Gasteiger partial charge in [0.05, 0.1) is 13.5 Å². The van der Waals surface area contributed by atoms with E-state index in [1.165, 1.54) is 12.0 Å². The molecule has 1 amide bonds. The molecule has 0 spiro atoms. The molecule has 1 heterocycles. The number of amides is 1. The Bertz CT molecular complexity index is 459. The molecule has 1 N–H and O–H groups in total. The van der Waals surface area contributed by atoms with Gasteiger partial charge in [0.1, 0.15) is 5.56 Å². The van der Waals surface area contributed by atoms with Gasteiger partial charge in [-0.2, -0.15) is 0 Å². The first kappa shape index (κ1) is 14.0. The minimum absolute atomic E-state index is 0.0934. The quantitative estimate of drug-likeness (QED) is 0.843. The van der Waals surface area contributed by atoms with Crippen LogP contribution in [0.2, 0.25) is 0 Å². The van der Waals surface area contributed by atoms with Crippen LogP contribution in [0.1, 0.15) is 22.5 Å². The number of aromatic nitrogens is 1. The highest BCUT2D eigenvalue weighted by molar-refractivity contribution is 5.96. The summed E-state index contributed by atoms with van der Waals surface area (Å²) in [5.41, 5.74) is 1.08. The highest BCUT2D eigenvalue weighted by Crippen LogP contribution is 2.17. The first-order valence-electron chi connectivity index (χ1n) is 5.44. The van der Waals surface area contributed by atoms with Crippen molar-refractivity contribution in [3.05, 3.63) is 23.4 Å². The standard InChI is InChI=1S/C12H16N2O4/c1-8-4-5-9(11(13-8)18-3)12(17)14(2)7-6-10(15)16/h4-5H,6-7H2,1-3H3,(H,15,16). The number of hydrogen-bond donors (Lipinski definition) is 1. The molecule has 0 aliphatic rings. The average Bonchev–Trinajstić information content (AvgIpc) is 2.34. The predicted molar refractivity (Wildman–Crippen MR) is 64.7 cm³/mol. The highest BCUT2D eigenvalue weighted by Gasteiger charge is 2.18. The van der Waals surface area contributed by atoms with Crippen LogP contribution in [-0.4, -0.2) is 47.6 Å². The summed E-state index contributed by atoms with van der Waals surface area (Å²) in [4.78, 5) is 28.0. The van der Waals surface area contributed by atoms with Crippen molar-refractivity contribution in [2.45, 2.75) is 13.3 Å². The van der Waals surface area contributed by atoms with Gasteiger partial charge >= 0.3 is 5.97 Å². The van der Waals surface area contributed by atoms with Crippen LogP contribution in [0, 0.1) is 6.92 Å². The fourth-order valence-corrected chi connectivity index (χ4v) is 1.42. The van der Waals surface area contributed by atoms with Crippen molar-refractivity contribution >= 4 is 11.9 Å². The molecule has 0 unspecified atom stereocenters. The van der Waals surface area contributed by atoms with Crippen LogP contribution in [0.4, 0.5) is 0 Å². The van der Waals surface area contributed by atoms with Crippen molar-refractivity contribution in [3.63, 3.8) is 0 Å². The second-order valence-corrected chi connectivity index (χ2v) is 3.88. The number of carbonyl (C=O) groups is 2. The Labute approximate surface area is 105 Å². The Hall–Kier alpha value is -2.11. The smallest absolute Gasteiger partial charge is 0.305 e. The molecule has 1 aromatic rings. The second-order valence-electron chi connectivity index (χ2n) is 3.88. The molecular formula is C12H16N2O4. The van der Waals surface area contributed by atoms with Crippen LogP contribution in [-0.2, 0) is 4.79 Å². The number of hydrogen-bond acceptors (Lipinski definition) is 4. The van der Waals surface area contributed by atoms with Crippen molar-refractivity contribution in [1.82, 2.24) is 9.88 Å². The Kier molecular flexibility index (Phi) is 4.65. The van der Waals surface area contributed by atoms with E-state index in [0.717, 1.165) is 5.69 Å². The molecule has 0 atom stereocenters. The number of nitrogens with zero attached hydrogens (tertiary/aromatic N) is 2. The lowest BCUT2D eigenvalue weighted by atomic mass is 10.2. The van der Waals surface area contributed by atoms with Crippen molar-refractivity contribution in [2.24, 2.45) is 0 Å². The highest BCUT2D eigenvalue weighted by atomic mass is 16.5. The molecular weight excluding hydrogens is 236 g/mol. The second kappa shape index (κ2) is 6.00. The molecule has 1 rings (SSSR count). The molecule has 0 radical (unpaired) electrons. The molecule has 6 heteroatoms. The summed E-state index contributed by atoms with van der Waals surface area (Å²) in [5.74, 6) is -0.994. The predicted octanol–water partition coefficient (Wildman–Crippen LogP) is 0.945. The third kappa shape index (κ3) is 3.44. The van der Waals surface area contributed by atoms with E-state index >= 15 is 0 Å². The van der Waals surface area contributed by atoms with Crippen LogP contribution < -0.4 is 4.74 Å². The Morgan fingerprint density at radius 2 is 2.11 bits per heavy atom. The summed E-state index contributed by atoms with van der Waals surface area (Å²) < 4.78 is 5.05. The lowest BCUT2D eigenvalue weighted by Crippen LogP contribution is -2.29. The third-order valence-electron chi connectivity index (χ3n) is 2.43. The van der Waals surface area contributed by atoms with E-state index in [4.69, 9.17) is 9.84 Å². The molecule has 0 aromatic carbocycles. The number of aliphatic carboxylic acids is 1. The number of carbonyl (C=O) groups excluding carboxylic acids is 1. The fraction of sp³-hybridized carbons (Fsp3) is 0.417. The number of carboxylic acid groups (broad SMARTS) is 1. The van der Waals surface area contributed by atoms with Gasteiger partial charge in [0, 0.05) is 19.3 Å². The Morgan fingerprint density at radius 1 is 1.44 bits per heavy atom. The molecule has 0 bridgehead atoms. The fourth-order valence-electron chi connectivity index (χ4n) is 1.42. The van der Waals surface area contributed by atoms with E-state index in [1.807, 2.05) is 0 Å². The molecule has 0 fully saturated rings. The third-order valence-corrected chi connectivity index (χ3v) is 2.43. The zero-order valence-corrected chi connectivity index (χ0v) is 10.6. The van der Waals surface area contributed by atoms with Gasteiger partial charge < -0.3 is 14.7 Å². The lowest BCUT2D eigenvalue weighted by molar-refractivity contribution is -0.137. The first-order chi connectivity index (χ1) is 8.45. The van der Waals surface area contributed by atoms with Gasteiger partial charge in [-0.15, -0.1) is 0 Å². The number of methoxy groups -OCH3 is 1. The zero-order valence-electron chi connectivity index (χ0n) is 10.6. The summed E-state index contributed by atoms with van der Waals surface area (Å²) in [5, 5.41) is 8.58. The SMILES string of the molecule is COc1nc(C)ccc1C(=O)N(C)CCC(=O)O. The zero-order chi connectivity index (χ0) is 13.7. The van der Waals surface area contributed by atoms with E-state index in [0.29, 0.717) is 5.56 Å². The number of carboxylic acids is 1. The lowest BCUT2D eigenvalue weighted by Gasteiger charge is -2.17. The van der Waals surface area contributed by atoms with Crippen molar-refractivity contribution in [2.75, 3.05) is 20.7 Å². The van der Waals surface area contributed by atoms with E-state index in [1.54, 1.807) is 26.1 Å². The maximum absolute atomic E-state index is 12.1. The van der Waals surface area contributed by atoms with Gasteiger partial charge in [-0.3, -0.25) is 9.59 Å². The maximum Gasteiger partial charge on any atom is 0.305 e. The van der Waals surface area contributed by atoms with Gasteiger partial charge in [0.15, 0.2) is 0 Å². The van der Waals surface area contributed by atoms with Gasteiger partial charge in [-0.25, -0.2) is 4.98 Å². The Morgan fingerprint density at radius 3 is 2.67 bits per heavy atom. The van der Waals surface area contributed by atoms with E-state index in [9.17, 15) is 9.59 Å². The summed E-state index contributed by atoms with van der Waals surface area (Å²) in [7, 11) is 2.99. The summed E-state index contributed by atoms with van der Waals surface area (Å²) >= 11 is 0. The van der Waals surface area contributed by atoms with Crippen molar-refractivity contribution < 1.29 is 19.4 Å². The minimum Gasteiger partial charge on any atom is -0.481 e. The topological polar surface area (TPSA) is 79.7 Å². The van der Waals surface area contributed by atoms with Crippen molar-refractivity contribution in [1.29, 1.82) is 0 Å². The molecule has 1 aromatic heterocycles. The van der Waals surface area contributed by atoms with Crippen LogP contribution in [0.5, 0.6) is 5.88 Å². The largest absolute Gasteiger partial charge is 0.481 e. The van der Waals surface area contributed by atoms with E-state index < -0.39 is 5.97 Å². The van der Waals surface area contributed by atoms with Crippen LogP contribution in [0.15, 0.2) is 12.1 Å². The maximum atomic E-state index is 12.1. The summed E-state index contributed by atoms with van der Waals surface area (Å²) in [6.07, 6.45) is -0.0934. The van der Waals surface area contributed by atoms with Gasteiger partial charge in [-0.05, 0) is 19.1 Å². The summed E-state index contributed by atoms with van der Waals surface area (Å²) in [6, 6.07) is 3.33. The van der Waals surface area contributed by atoms with Crippen molar-refractivity contribution in [3.8, 4) is 5.88 Å². The number of pyridine rings is 1. The number of aryl methyl sites for hydroxylation is 1. The molecule has 0 saturated carbocycles. The molecule has 0 saturated heterocycles. The molecule has 0 aliphatic carbocycles.